The zero-order chi connectivity index (χ0) is 19.7. The van der Waals surface area contributed by atoms with Crippen molar-refractivity contribution in [3.8, 4) is 0 Å². The van der Waals surface area contributed by atoms with Crippen LogP contribution in [0.4, 0.5) is 20.8 Å². The Labute approximate surface area is 160 Å². The van der Waals surface area contributed by atoms with Gasteiger partial charge in [-0.05, 0) is 49.2 Å². The number of amides is 1. The lowest BCUT2D eigenvalue weighted by Crippen LogP contribution is -2.47. The van der Waals surface area contributed by atoms with Crippen LogP contribution < -0.4 is 5.32 Å². The minimum atomic E-state index is -0.989. The second-order valence-corrected chi connectivity index (χ2v) is 7.03. The molecule has 4 rings (SSSR count). The maximum absolute atomic E-state index is 13.1. The lowest BCUT2D eigenvalue weighted by Gasteiger charge is -2.37. The number of aromatic nitrogens is 3. The van der Waals surface area contributed by atoms with Crippen molar-refractivity contribution in [3.05, 3.63) is 54.0 Å². The van der Waals surface area contributed by atoms with Gasteiger partial charge < -0.3 is 20.4 Å². The Morgan fingerprint density at radius 2 is 1.89 bits per heavy atom. The maximum atomic E-state index is 13.1. The fourth-order valence-corrected chi connectivity index (χ4v) is 3.44. The van der Waals surface area contributed by atoms with Crippen molar-refractivity contribution < 1.29 is 19.4 Å². The number of aliphatic hydroxyl groups is 1. The summed E-state index contributed by atoms with van der Waals surface area (Å²) < 4.78 is 14.7. The average Bonchev–Trinajstić information content (AvgIpc) is 3.07. The second-order valence-electron chi connectivity index (χ2n) is 7.03. The molecule has 1 fully saturated rings. The van der Waals surface area contributed by atoms with E-state index in [9.17, 15) is 14.3 Å². The largest absolute Gasteiger partial charge is 0.465 e. The Balaban J connectivity index is 1.54. The molecule has 0 aliphatic carbocycles. The van der Waals surface area contributed by atoms with Crippen molar-refractivity contribution in [1.82, 2.24) is 19.5 Å². The Hall–Kier alpha value is -3.20. The monoisotopic (exact) mass is 385 g/mol. The van der Waals surface area contributed by atoms with E-state index in [1.165, 1.54) is 17.0 Å². The van der Waals surface area contributed by atoms with Crippen molar-refractivity contribution in [2.75, 3.05) is 18.4 Å². The number of rotatable bonds is 4. The van der Waals surface area contributed by atoms with Crippen molar-refractivity contribution >= 4 is 23.4 Å². The molecule has 1 aliphatic rings. The molecule has 3 aromatic rings. The number of hydrogen-bond acceptors (Lipinski definition) is 5. The summed E-state index contributed by atoms with van der Waals surface area (Å²) in [6.07, 6.45) is 0.116. The predicted octanol–water partition coefficient (Wildman–Crippen LogP) is 2.66. The van der Waals surface area contributed by atoms with Gasteiger partial charge in [0.2, 0.25) is 5.95 Å². The summed E-state index contributed by atoms with van der Waals surface area (Å²) in [6, 6.07) is 11.4. The van der Waals surface area contributed by atoms with Crippen molar-refractivity contribution in [3.63, 3.8) is 0 Å². The van der Waals surface area contributed by atoms with Gasteiger partial charge in [-0.1, -0.05) is 6.07 Å². The molecule has 0 unspecified atom stereocenters. The van der Waals surface area contributed by atoms with Gasteiger partial charge >= 0.3 is 6.09 Å². The molecule has 0 saturated carbocycles. The predicted molar refractivity (Wildman–Crippen MR) is 100 cm³/mol. The first kappa shape index (κ1) is 18.2. The van der Waals surface area contributed by atoms with E-state index in [0.717, 1.165) is 5.69 Å². The Morgan fingerprint density at radius 3 is 2.57 bits per heavy atom. The summed E-state index contributed by atoms with van der Waals surface area (Å²) in [5.74, 6) is 0.0460. The summed E-state index contributed by atoms with van der Waals surface area (Å²) in [5, 5.41) is 27.5. The average molecular weight is 385 g/mol. The van der Waals surface area contributed by atoms with E-state index < -0.39 is 11.7 Å². The highest BCUT2D eigenvalue weighted by molar-refractivity contribution is 5.65. The van der Waals surface area contributed by atoms with Gasteiger partial charge in [-0.3, -0.25) is 0 Å². The van der Waals surface area contributed by atoms with Gasteiger partial charge in [0.1, 0.15) is 5.82 Å². The van der Waals surface area contributed by atoms with Gasteiger partial charge in [0.05, 0.1) is 5.60 Å². The van der Waals surface area contributed by atoms with E-state index in [0.29, 0.717) is 49.6 Å². The number of nitrogens with zero attached hydrogens (tertiary/aromatic N) is 4. The van der Waals surface area contributed by atoms with Gasteiger partial charge in [-0.25, -0.2) is 13.7 Å². The molecule has 0 bridgehead atoms. The Morgan fingerprint density at radius 1 is 1.18 bits per heavy atom. The summed E-state index contributed by atoms with van der Waals surface area (Å²) in [6.45, 7) is 0.604. The molecule has 3 heterocycles. The third-order valence-corrected chi connectivity index (χ3v) is 5.01. The number of pyridine rings is 1. The molecule has 146 valence electrons. The first-order chi connectivity index (χ1) is 13.4. The molecular formula is C19H20FN5O3. The van der Waals surface area contributed by atoms with Crippen molar-refractivity contribution in [2.24, 2.45) is 0 Å². The van der Waals surface area contributed by atoms with Gasteiger partial charge in [0.25, 0.3) is 0 Å². The minimum Gasteiger partial charge on any atom is -0.465 e. The fourth-order valence-electron chi connectivity index (χ4n) is 3.44. The van der Waals surface area contributed by atoms with Gasteiger partial charge in [-0.15, -0.1) is 5.10 Å². The molecule has 28 heavy (non-hydrogen) atoms. The number of carbonyl (C=O) groups is 1. The molecule has 3 N–H and O–H groups in total. The van der Waals surface area contributed by atoms with E-state index in [1.807, 2.05) is 18.2 Å². The number of piperidine rings is 1. The number of carboxylic acid groups (broad SMARTS) is 1. The molecule has 0 atom stereocenters. The van der Waals surface area contributed by atoms with Crippen molar-refractivity contribution in [1.29, 1.82) is 0 Å². The lowest BCUT2D eigenvalue weighted by molar-refractivity contribution is -0.0172. The van der Waals surface area contributed by atoms with Gasteiger partial charge in [0.15, 0.2) is 5.65 Å². The maximum Gasteiger partial charge on any atom is 0.407 e. The second kappa shape index (κ2) is 7.08. The number of likely N-dealkylation sites (tertiary alicyclic amines) is 1. The molecule has 1 saturated heterocycles. The molecular weight excluding hydrogens is 365 g/mol. The number of hydrogen-bond donors (Lipinski definition) is 3. The third kappa shape index (κ3) is 3.74. The first-order valence-corrected chi connectivity index (χ1v) is 8.99. The molecule has 9 heteroatoms. The van der Waals surface area contributed by atoms with E-state index >= 15 is 0 Å². The van der Waals surface area contributed by atoms with Crippen LogP contribution in [0.3, 0.4) is 0 Å². The van der Waals surface area contributed by atoms with E-state index in [4.69, 9.17) is 5.11 Å². The smallest absolute Gasteiger partial charge is 0.407 e. The molecule has 1 aromatic carbocycles. The molecule has 0 radical (unpaired) electrons. The highest BCUT2D eigenvalue weighted by atomic mass is 19.1. The molecule has 2 aromatic heterocycles. The normalized spacial score (nSPS) is 16.3. The van der Waals surface area contributed by atoms with Crippen LogP contribution in [0.5, 0.6) is 0 Å². The zero-order valence-corrected chi connectivity index (χ0v) is 15.0. The molecule has 0 spiro atoms. The number of anilines is 2. The van der Waals surface area contributed by atoms with Crippen LogP contribution in [0.15, 0.2) is 42.5 Å². The SMILES string of the molecule is O=C(O)N1CCC(O)(Cc2cccc3nc(Nc4ccc(F)cc4)nn23)CC1. The van der Waals surface area contributed by atoms with Gasteiger partial charge in [-0.2, -0.15) is 4.98 Å². The number of halogens is 1. The van der Waals surface area contributed by atoms with Crippen LogP contribution in [0.1, 0.15) is 18.5 Å². The highest BCUT2D eigenvalue weighted by Gasteiger charge is 2.34. The molecule has 1 aliphatic heterocycles. The third-order valence-electron chi connectivity index (χ3n) is 5.01. The fraction of sp³-hybridized carbons (Fsp3) is 0.316. The van der Waals surface area contributed by atoms with Crippen LogP contribution in [0.2, 0.25) is 0 Å². The summed E-state index contributed by atoms with van der Waals surface area (Å²) in [5.41, 5.74) is 1.08. The number of fused-ring (bicyclic) bond motifs is 1. The van der Waals surface area contributed by atoms with E-state index in [-0.39, 0.29) is 5.82 Å². The summed E-state index contributed by atoms with van der Waals surface area (Å²) in [4.78, 5) is 16.8. The lowest BCUT2D eigenvalue weighted by atomic mass is 9.87. The topological polar surface area (TPSA) is 103 Å². The zero-order valence-electron chi connectivity index (χ0n) is 15.0. The minimum absolute atomic E-state index is 0.302. The number of benzene rings is 1. The quantitative estimate of drug-likeness (QED) is 0.638. The highest BCUT2D eigenvalue weighted by Crippen LogP contribution is 2.27. The van der Waals surface area contributed by atoms with Crippen LogP contribution in [0, 0.1) is 5.82 Å². The Kier molecular flexibility index (Phi) is 4.60. The molecule has 8 nitrogen and oxygen atoms in total. The number of nitrogens with one attached hydrogen (secondary N) is 1. The van der Waals surface area contributed by atoms with Crippen LogP contribution in [-0.2, 0) is 6.42 Å². The standard InChI is InChI=1S/C19H20FN5O3/c20-13-4-6-14(7-5-13)21-17-22-16-3-1-2-15(25(16)23-17)12-19(28)8-10-24(11-9-19)18(26)27/h1-7,28H,8-12H2,(H,21,23)(H,26,27). The van der Waals surface area contributed by atoms with Crippen molar-refractivity contribution in [2.45, 2.75) is 24.9 Å². The van der Waals surface area contributed by atoms with Crippen LogP contribution >= 0.6 is 0 Å². The van der Waals surface area contributed by atoms with Gasteiger partial charge in [0, 0.05) is 30.9 Å². The van der Waals surface area contributed by atoms with E-state index in [2.05, 4.69) is 15.4 Å². The summed E-state index contributed by atoms with van der Waals surface area (Å²) in [7, 11) is 0. The van der Waals surface area contributed by atoms with Crippen LogP contribution in [0.25, 0.3) is 5.65 Å². The van der Waals surface area contributed by atoms with Crippen LogP contribution in [-0.4, -0.2) is 54.5 Å². The molecule has 1 amide bonds. The summed E-state index contributed by atoms with van der Waals surface area (Å²) >= 11 is 0. The Bertz CT molecular complexity index is 996. The first-order valence-electron chi connectivity index (χ1n) is 8.99. The van der Waals surface area contributed by atoms with E-state index in [1.54, 1.807) is 16.6 Å².